The van der Waals surface area contributed by atoms with Gasteiger partial charge in [-0.25, -0.2) is 4.98 Å². The van der Waals surface area contributed by atoms with E-state index in [0.717, 1.165) is 32.4 Å². The van der Waals surface area contributed by atoms with E-state index in [1.807, 2.05) is 6.92 Å². The molecule has 0 aliphatic carbocycles. The van der Waals surface area contributed by atoms with Gasteiger partial charge in [-0.2, -0.15) is 0 Å². The smallest absolute Gasteiger partial charge is 0.263 e. The molecule has 6 heteroatoms. The van der Waals surface area contributed by atoms with Crippen LogP contribution in [0.4, 0.5) is 0 Å². The molecule has 0 aromatic carbocycles. The second-order valence-electron chi connectivity index (χ2n) is 6.35. The van der Waals surface area contributed by atoms with Crippen molar-refractivity contribution in [2.45, 2.75) is 44.7 Å². The van der Waals surface area contributed by atoms with E-state index in [1.165, 1.54) is 0 Å². The second-order valence-corrected chi connectivity index (χ2v) is 6.35. The predicted octanol–water partition coefficient (Wildman–Crippen LogP) is 2.14. The maximum Gasteiger partial charge on any atom is 0.263 e. The van der Waals surface area contributed by atoms with Crippen LogP contribution in [-0.4, -0.2) is 41.0 Å². The summed E-state index contributed by atoms with van der Waals surface area (Å²) < 4.78 is 11.0. The minimum Gasteiger partial charge on any atom is -0.459 e. The lowest BCUT2D eigenvalue weighted by molar-refractivity contribution is -0.133. The number of carbonyl (C=O) groups is 1. The van der Waals surface area contributed by atoms with Gasteiger partial charge in [-0.1, -0.05) is 0 Å². The fourth-order valence-corrected chi connectivity index (χ4v) is 3.72. The number of hydrogen-bond donors (Lipinski definition) is 1. The molecule has 122 valence electrons. The van der Waals surface area contributed by atoms with E-state index in [1.54, 1.807) is 18.4 Å². The van der Waals surface area contributed by atoms with Gasteiger partial charge < -0.3 is 19.1 Å². The quantitative estimate of drug-likeness (QED) is 0.939. The average molecular weight is 315 g/mol. The van der Waals surface area contributed by atoms with Crippen LogP contribution in [-0.2, 0) is 11.2 Å². The molecule has 2 fully saturated rings. The van der Waals surface area contributed by atoms with E-state index >= 15 is 0 Å². The van der Waals surface area contributed by atoms with Crippen LogP contribution in [0.5, 0.6) is 0 Å². The highest BCUT2D eigenvalue weighted by Crippen LogP contribution is 2.29. The molecule has 0 saturated carbocycles. The zero-order valence-electron chi connectivity index (χ0n) is 13.2. The van der Waals surface area contributed by atoms with E-state index in [-0.39, 0.29) is 5.91 Å². The summed E-state index contributed by atoms with van der Waals surface area (Å²) >= 11 is 0. The number of amides is 1. The van der Waals surface area contributed by atoms with Gasteiger partial charge in [-0.15, -0.1) is 0 Å². The molecule has 4 heterocycles. The van der Waals surface area contributed by atoms with Crippen LogP contribution < -0.4 is 5.32 Å². The molecule has 2 aliphatic heterocycles. The monoisotopic (exact) mass is 315 g/mol. The number of rotatable bonds is 3. The number of aromatic nitrogens is 1. The Morgan fingerprint density at radius 3 is 3.09 bits per heavy atom. The molecule has 0 spiro atoms. The molecule has 2 saturated heterocycles. The number of furan rings is 1. The van der Waals surface area contributed by atoms with Gasteiger partial charge in [0.1, 0.15) is 5.76 Å². The third-order valence-corrected chi connectivity index (χ3v) is 4.89. The molecule has 2 aliphatic rings. The SMILES string of the molecule is Cc1oc(-c2ccco2)nc1CC(=O)N1C2CCNCC1CC2. The Hall–Kier alpha value is -2.08. The van der Waals surface area contributed by atoms with Crippen molar-refractivity contribution in [3.05, 3.63) is 29.9 Å². The molecular weight excluding hydrogens is 294 g/mol. The van der Waals surface area contributed by atoms with Crippen LogP contribution in [0.25, 0.3) is 11.7 Å². The van der Waals surface area contributed by atoms with Gasteiger partial charge in [-0.05, 0) is 44.9 Å². The van der Waals surface area contributed by atoms with E-state index in [2.05, 4.69) is 15.2 Å². The van der Waals surface area contributed by atoms with E-state index in [0.29, 0.717) is 41.6 Å². The van der Waals surface area contributed by atoms with Crippen LogP contribution in [0.2, 0.25) is 0 Å². The van der Waals surface area contributed by atoms with Crippen molar-refractivity contribution in [2.75, 3.05) is 13.1 Å². The predicted molar refractivity (Wildman–Crippen MR) is 83.8 cm³/mol. The number of carbonyl (C=O) groups excluding carboxylic acids is 1. The number of nitrogens with one attached hydrogen (secondary N) is 1. The highest BCUT2D eigenvalue weighted by atomic mass is 16.4. The first-order valence-corrected chi connectivity index (χ1v) is 8.24. The number of hydrogen-bond acceptors (Lipinski definition) is 5. The third kappa shape index (κ3) is 2.67. The summed E-state index contributed by atoms with van der Waals surface area (Å²) in [5, 5.41) is 3.42. The summed E-state index contributed by atoms with van der Waals surface area (Å²) in [4.78, 5) is 19.4. The van der Waals surface area contributed by atoms with Crippen LogP contribution >= 0.6 is 0 Å². The van der Waals surface area contributed by atoms with Gasteiger partial charge in [0.25, 0.3) is 5.89 Å². The molecule has 2 unspecified atom stereocenters. The summed E-state index contributed by atoms with van der Waals surface area (Å²) in [5.74, 6) is 1.87. The highest BCUT2D eigenvalue weighted by molar-refractivity contribution is 5.79. The molecule has 2 aromatic rings. The standard InChI is InChI=1S/C17H21N3O3/c1-11-14(19-17(23-11)15-3-2-8-22-15)9-16(21)20-12-4-5-13(20)10-18-7-6-12/h2-3,8,12-13,18H,4-7,9-10H2,1H3. The van der Waals surface area contributed by atoms with Crippen molar-refractivity contribution < 1.29 is 13.6 Å². The third-order valence-electron chi connectivity index (χ3n) is 4.89. The topological polar surface area (TPSA) is 71.5 Å². The number of aryl methyl sites for hydroxylation is 1. The lowest BCUT2D eigenvalue weighted by Crippen LogP contribution is -2.43. The first kappa shape index (κ1) is 14.5. The maximum absolute atomic E-state index is 12.8. The fourth-order valence-electron chi connectivity index (χ4n) is 3.72. The Morgan fingerprint density at radius 2 is 2.26 bits per heavy atom. The molecule has 1 amide bonds. The average Bonchev–Trinajstić information content (AvgIpc) is 3.19. The van der Waals surface area contributed by atoms with Crippen molar-refractivity contribution in [2.24, 2.45) is 0 Å². The Balaban J connectivity index is 1.53. The summed E-state index contributed by atoms with van der Waals surface area (Å²) in [5.41, 5.74) is 0.706. The van der Waals surface area contributed by atoms with Crippen molar-refractivity contribution in [3.8, 4) is 11.7 Å². The lowest BCUT2D eigenvalue weighted by Gasteiger charge is -2.27. The minimum absolute atomic E-state index is 0.156. The first-order chi connectivity index (χ1) is 11.2. The Bertz CT molecular complexity index is 678. The zero-order chi connectivity index (χ0) is 15.8. The molecular formula is C17H21N3O3. The molecule has 2 bridgehead atoms. The normalized spacial score (nSPS) is 24.0. The molecule has 4 rings (SSSR count). The van der Waals surface area contributed by atoms with Crippen molar-refractivity contribution in [3.63, 3.8) is 0 Å². The van der Waals surface area contributed by atoms with Crippen molar-refractivity contribution >= 4 is 5.91 Å². The van der Waals surface area contributed by atoms with Crippen LogP contribution in [0, 0.1) is 6.92 Å². The first-order valence-electron chi connectivity index (χ1n) is 8.24. The Kier molecular flexibility index (Phi) is 3.69. The number of nitrogens with zero attached hydrogens (tertiary/aromatic N) is 2. The Labute approximate surface area is 134 Å². The minimum atomic E-state index is 0.156. The van der Waals surface area contributed by atoms with Gasteiger partial charge >= 0.3 is 0 Å². The molecule has 1 N–H and O–H groups in total. The summed E-state index contributed by atoms with van der Waals surface area (Å²) in [6, 6.07) is 4.30. The van der Waals surface area contributed by atoms with E-state index < -0.39 is 0 Å². The van der Waals surface area contributed by atoms with Gasteiger partial charge in [0.05, 0.1) is 18.4 Å². The van der Waals surface area contributed by atoms with Crippen LogP contribution in [0.1, 0.15) is 30.7 Å². The molecule has 2 aromatic heterocycles. The largest absolute Gasteiger partial charge is 0.459 e. The summed E-state index contributed by atoms with van der Waals surface area (Å²) in [6.45, 7) is 3.74. The molecule has 0 radical (unpaired) electrons. The number of fused-ring (bicyclic) bond motifs is 2. The van der Waals surface area contributed by atoms with Crippen LogP contribution in [0.3, 0.4) is 0 Å². The highest BCUT2D eigenvalue weighted by Gasteiger charge is 2.38. The molecule has 23 heavy (non-hydrogen) atoms. The van der Waals surface area contributed by atoms with Crippen molar-refractivity contribution in [1.29, 1.82) is 0 Å². The molecule has 2 atom stereocenters. The van der Waals surface area contributed by atoms with E-state index in [4.69, 9.17) is 8.83 Å². The Morgan fingerprint density at radius 1 is 1.39 bits per heavy atom. The lowest BCUT2D eigenvalue weighted by atomic mass is 10.1. The van der Waals surface area contributed by atoms with Gasteiger partial charge in [-0.3, -0.25) is 4.79 Å². The van der Waals surface area contributed by atoms with Crippen molar-refractivity contribution in [1.82, 2.24) is 15.2 Å². The van der Waals surface area contributed by atoms with Gasteiger partial charge in [0.2, 0.25) is 5.91 Å². The van der Waals surface area contributed by atoms with Gasteiger partial charge in [0, 0.05) is 18.6 Å². The zero-order valence-corrected chi connectivity index (χ0v) is 13.2. The number of oxazole rings is 1. The maximum atomic E-state index is 12.8. The summed E-state index contributed by atoms with van der Waals surface area (Å²) in [6.07, 6.45) is 5.13. The van der Waals surface area contributed by atoms with Gasteiger partial charge in [0.15, 0.2) is 5.76 Å². The van der Waals surface area contributed by atoms with Crippen LogP contribution in [0.15, 0.2) is 27.2 Å². The molecule has 6 nitrogen and oxygen atoms in total. The van der Waals surface area contributed by atoms with E-state index in [9.17, 15) is 4.79 Å². The summed E-state index contributed by atoms with van der Waals surface area (Å²) in [7, 11) is 0. The fraction of sp³-hybridized carbons (Fsp3) is 0.529. The second kappa shape index (κ2) is 5.85.